The fourth-order valence-electron chi connectivity index (χ4n) is 3.89. The maximum absolute atomic E-state index is 13.3. The van der Waals surface area contributed by atoms with Gasteiger partial charge in [0.25, 0.3) is 5.91 Å². The molecule has 3 amide bonds. The maximum Gasteiger partial charge on any atom is 0.325 e. The zero-order chi connectivity index (χ0) is 20.0. The summed E-state index contributed by atoms with van der Waals surface area (Å²) in [6, 6.07) is 15.1. The number of carbonyl (C=O) groups excluding carboxylic acids is 2. The number of hydrogen-bond donors (Lipinski definition) is 1. The third-order valence-corrected chi connectivity index (χ3v) is 6.37. The Morgan fingerprint density at radius 3 is 2.79 bits per heavy atom. The minimum Gasteiger partial charge on any atom is -0.493 e. The Morgan fingerprint density at radius 1 is 1.17 bits per heavy atom. The lowest BCUT2D eigenvalue weighted by atomic mass is 9.84. The lowest BCUT2D eigenvalue weighted by Gasteiger charge is -2.33. The average molecular weight is 405 g/mol. The first-order valence-corrected chi connectivity index (χ1v) is 10.3. The first-order chi connectivity index (χ1) is 14.1. The van der Waals surface area contributed by atoms with Gasteiger partial charge in [-0.1, -0.05) is 48.0 Å². The standard InChI is InChI=1S/C22H19N3O3S/c1-14-6-8-15(9-7-14)19-23-16(13-29-19)12-25-20(26)22(24-21(25)27)10-11-28-18-5-3-2-4-17(18)22/h2-9,13H,10-12H2,1H3,(H,24,27)/t22-/m0/s1. The summed E-state index contributed by atoms with van der Waals surface area (Å²) in [7, 11) is 0. The molecule has 146 valence electrons. The monoisotopic (exact) mass is 405 g/mol. The molecule has 1 aromatic heterocycles. The number of para-hydroxylation sites is 1. The molecular weight excluding hydrogens is 386 g/mol. The van der Waals surface area contributed by atoms with E-state index >= 15 is 0 Å². The molecule has 2 aliphatic heterocycles. The summed E-state index contributed by atoms with van der Waals surface area (Å²) in [6.45, 7) is 2.57. The van der Waals surface area contributed by atoms with Crippen molar-refractivity contribution in [3.8, 4) is 16.3 Å². The van der Waals surface area contributed by atoms with Gasteiger partial charge in [-0.3, -0.25) is 9.69 Å². The lowest BCUT2D eigenvalue weighted by Crippen LogP contribution is -2.47. The van der Waals surface area contributed by atoms with Gasteiger partial charge in [-0.25, -0.2) is 9.78 Å². The highest BCUT2D eigenvalue weighted by molar-refractivity contribution is 7.13. The topological polar surface area (TPSA) is 71.5 Å². The fourth-order valence-corrected chi connectivity index (χ4v) is 4.70. The molecule has 7 heteroatoms. The van der Waals surface area contributed by atoms with Crippen LogP contribution in [0.2, 0.25) is 0 Å². The summed E-state index contributed by atoms with van der Waals surface area (Å²) in [4.78, 5) is 32.0. The molecule has 5 rings (SSSR count). The van der Waals surface area contributed by atoms with E-state index in [1.165, 1.54) is 21.8 Å². The van der Waals surface area contributed by atoms with Gasteiger partial charge >= 0.3 is 6.03 Å². The average Bonchev–Trinajstić information content (AvgIpc) is 3.29. The van der Waals surface area contributed by atoms with Crippen LogP contribution in [0.25, 0.3) is 10.6 Å². The summed E-state index contributed by atoms with van der Waals surface area (Å²) in [5.41, 5.74) is 2.57. The molecule has 1 fully saturated rings. The lowest BCUT2D eigenvalue weighted by molar-refractivity contribution is -0.133. The molecule has 0 saturated carbocycles. The number of thiazole rings is 1. The summed E-state index contributed by atoms with van der Waals surface area (Å²) in [5, 5.41) is 5.70. The Kier molecular flexibility index (Phi) is 4.13. The molecule has 3 heterocycles. The Labute approximate surface area is 172 Å². The number of aromatic nitrogens is 1. The van der Waals surface area contributed by atoms with Crippen LogP contribution in [0.3, 0.4) is 0 Å². The summed E-state index contributed by atoms with van der Waals surface area (Å²) < 4.78 is 5.68. The quantitative estimate of drug-likeness (QED) is 0.672. The number of rotatable bonds is 3. The first-order valence-electron chi connectivity index (χ1n) is 9.45. The number of benzene rings is 2. The Morgan fingerprint density at radius 2 is 1.97 bits per heavy atom. The normalized spacial score (nSPS) is 20.5. The van der Waals surface area contributed by atoms with Crippen molar-refractivity contribution in [2.45, 2.75) is 25.4 Å². The van der Waals surface area contributed by atoms with Crippen LogP contribution in [0.4, 0.5) is 4.79 Å². The van der Waals surface area contributed by atoms with Crippen LogP contribution in [0.5, 0.6) is 5.75 Å². The zero-order valence-electron chi connectivity index (χ0n) is 15.8. The van der Waals surface area contributed by atoms with Crippen molar-refractivity contribution in [2.24, 2.45) is 0 Å². The van der Waals surface area contributed by atoms with Crippen LogP contribution in [0, 0.1) is 6.92 Å². The molecule has 0 unspecified atom stereocenters. The number of urea groups is 1. The number of carbonyl (C=O) groups is 2. The minimum atomic E-state index is -1.05. The molecule has 1 saturated heterocycles. The Bertz CT molecular complexity index is 1110. The number of fused-ring (bicyclic) bond motifs is 2. The second-order valence-electron chi connectivity index (χ2n) is 7.33. The van der Waals surface area contributed by atoms with Gasteiger partial charge in [0.1, 0.15) is 10.8 Å². The molecule has 2 aromatic carbocycles. The molecule has 3 aromatic rings. The molecule has 1 atom stereocenters. The van der Waals surface area contributed by atoms with Crippen LogP contribution >= 0.6 is 11.3 Å². The van der Waals surface area contributed by atoms with Crippen molar-refractivity contribution in [3.63, 3.8) is 0 Å². The summed E-state index contributed by atoms with van der Waals surface area (Å²) in [5.74, 6) is 0.396. The van der Waals surface area contributed by atoms with Gasteiger partial charge in [0, 0.05) is 22.9 Å². The van der Waals surface area contributed by atoms with Gasteiger partial charge in [0.05, 0.1) is 18.8 Å². The second-order valence-corrected chi connectivity index (χ2v) is 8.19. The van der Waals surface area contributed by atoms with Gasteiger partial charge in [0.15, 0.2) is 5.54 Å². The van der Waals surface area contributed by atoms with E-state index in [0.717, 1.165) is 10.6 Å². The van der Waals surface area contributed by atoms with E-state index in [0.29, 0.717) is 30.0 Å². The molecule has 29 heavy (non-hydrogen) atoms. The predicted octanol–water partition coefficient (Wildman–Crippen LogP) is 3.85. The van der Waals surface area contributed by atoms with E-state index in [-0.39, 0.29) is 12.5 Å². The van der Waals surface area contributed by atoms with Gasteiger partial charge < -0.3 is 10.1 Å². The van der Waals surface area contributed by atoms with Gasteiger partial charge in [-0.05, 0) is 13.0 Å². The number of aryl methyl sites for hydroxylation is 1. The Hall–Kier alpha value is -3.19. The molecule has 0 bridgehead atoms. The first kappa shape index (κ1) is 17.9. The molecule has 2 aliphatic rings. The highest BCUT2D eigenvalue weighted by Crippen LogP contribution is 2.41. The molecular formula is C22H19N3O3S. The number of nitrogens with zero attached hydrogens (tertiary/aromatic N) is 2. The fraction of sp³-hybridized carbons (Fsp3) is 0.227. The summed E-state index contributed by atoms with van der Waals surface area (Å²) in [6.07, 6.45) is 0.413. The van der Waals surface area contributed by atoms with Crippen LogP contribution in [-0.4, -0.2) is 28.4 Å². The SMILES string of the molecule is Cc1ccc(-c2nc(CN3C(=O)N[C@]4(CCOc5ccccc54)C3=O)cs2)cc1. The van der Waals surface area contributed by atoms with Crippen molar-refractivity contribution in [3.05, 3.63) is 70.7 Å². The van der Waals surface area contributed by atoms with Crippen molar-refractivity contribution in [1.29, 1.82) is 0 Å². The molecule has 1 spiro atoms. The van der Waals surface area contributed by atoms with E-state index in [4.69, 9.17) is 4.74 Å². The van der Waals surface area contributed by atoms with E-state index in [1.54, 1.807) is 0 Å². The van der Waals surface area contributed by atoms with Crippen molar-refractivity contribution in [2.75, 3.05) is 6.61 Å². The largest absolute Gasteiger partial charge is 0.493 e. The van der Waals surface area contributed by atoms with Crippen molar-refractivity contribution < 1.29 is 14.3 Å². The molecule has 0 radical (unpaired) electrons. The van der Waals surface area contributed by atoms with Crippen molar-refractivity contribution >= 4 is 23.3 Å². The number of ether oxygens (including phenoxy) is 1. The van der Waals surface area contributed by atoms with E-state index in [2.05, 4.69) is 10.3 Å². The maximum atomic E-state index is 13.3. The van der Waals surface area contributed by atoms with Crippen molar-refractivity contribution in [1.82, 2.24) is 15.2 Å². The van der Waals surface area contributed by atoms with E-state index in [9.17, 15) is 9.59 Å². The van der Waals surface area contributed by atoms with Crippen LogP contribution in [0.1, 0.15) is 23.2 Å². The second kappa shape index (κ2) is 6.70. The predicted molar refractivity (Wildman–Crippen MR) is 110 cm³/mol. The molecule has 1 N–H and O–H groups in total. The van der Waals surface area contributed by atoms with Crippen LogP contribution in [-0.2, 0) is 16.9 Å². The highest BCUT2D eigenvalue weighted by atomic mass is 32.1. The number of hydrogen-bond acceptors (Lipinski definition) is 5. The van der Waals surface area contributed by atoms with E-state index in [1.807, 2.05) is 60.8 Å². The molecule has 0 aliphatic carbocycles. The minimum absolute atomic E-state index is 0.151. The third-order valence-electron chi connectivity index (χ3n) is 5.43. The number of amides is 3. The van der Waals surface area contributed by atoms with Gasteiger partial charge in [0.2, 0.25) is 0 Å². The zero-order valence-corrected chi connectivity index (χ0v) is 16.7. The number of nitrogens with one attached hydrogen (secondary N) is 1. The smallest absolute Gasteiger partial charge is 0.325 e. The molecule has 6 nitrogen and oxygen atoms in total. The Balaban J connectivity index is 1.42. The van der Waals surface area contributed by atoms with Crippen LogP contribution < -0.4 is 10.1 Å². The third kappa shape index (κ3) is 2.89. The van der Waals surface area contributed by atoms with Gasteiger partial charge in [-0.15, -0.1) is 11.3 Å². The number of imide groups is 1. The summed E-state index contributed by atoms with van der Waals surface area (Å²) >= 11 is 1.51. The van der Waals surface area contributed by atoms with Crippen LogP contribution in [0.15, 0.2) is 53.9 Å². The van der Waals surface area contributed by atoms with Gasteiger partial charge in [-0.2, -0.15) is 0 Å². The van der Waals surface area contributed by atoms with E-state index < -0.39 is 11.6 Å². The highest BCUT2D eigenvalue weighted by Gasteiger charge is 2.54.